The second-order valence-corrected chi connectivity index (χ2v) is 12.9. The molecule has 1 aromatic heterocycles. The molecule has 230 valence electrons. The van der Waals surface area contributed by atoms with Crippen LogP contribution in [0.15, 0.2) is 48.5 Å². The fraction of sp³-hybridized carbons (Fsp3) is 0.486. The van der Waals surface area contributed by atoms with Gasteiger partial charge in [0.05, 0.1) is 5.52 Å². The molecule has 1 aliphatic carbocycles. The third kappa shape index (κ3) is 5.83. The number of benzene rings is 2. The first-order valence-electron chi connectivity index (χ1n) is 16.0. The summed E-state index contributed by atoms with van der Waals surface area (Å²) in [7, 11) is 1.80. The highest BCUT2D eigenvalue weighted by Crippen LogP contribution is 2.38. The molecule has 0 bridgehead atoms. The largest absolute Gasteiger partial charge is 0.489 e. The Hall–Kier alpha value is -3.82. The zero-order valence-corrected chi connectivity index (χ0v) is 25.3. The first kappa shape index (κ1) is 28.9. The summed E-state index contributed by atoms with van der Waals surface area (Å²) in [6, 6.07) is 16.0. The number of aromatic nitrogens is 1. The second kappa shape index (κ2) is 12.3. The molecule has 9 heteroatoms. The number of methoxy groups -OCH3 is 1. The highest BCUT2D eigenvalue weighted by Gasteiger charge is 2.39. The Morgan fingerprint density at radius 3 is 2.73 bits per heavy atom. The average molecular weight is 597 g/mol. The van der Waals surface area contributed by atoms with Gasteiger partial charge in [-0.25, -0.2) is 0 Å². The fourth-order valence-electron chi connectivity index (χ4n) is 7.62. The number of amides is 3. The van der Waals surface area contributed by atoms with Crippen LogP contribution in [0.4, 0.5) is 0 Å². The summed E-state index contributed by atoms with van der Waals surface area (Å²) in [6.45, 7) is 3.79. The number of pyridine rings is 1. The molecule has 4 atom stereocenters. The van der Waals surface area contributed by atoms with Gasteiger partial charge in [-0.1, -0.05) is 25.0 Å². The highest BCUT2D eigenvalue weighted by atomic mass is 16.5. The monoisotopic (exact) mass is 596 g/mol. The predicted molar refractivity (Wildman–Crippen MR) is 165 cm³/mol. The number of likely N-dealkylation sites (tertiary alicyclic amines) is 1. The Labute approximate surface area is 257 Å². The molecule has 2 aromatic carbocycles. The minimum Gasteiger partial charge on any atom is -0.489 e. The van der Waals surface area contributed by atoms with Crippen LogP contribution < -0.4 is 10.1 Å². The van der Waals surface area contributed by atoms with Crippen LogP contribution in [-0.2, 0) is 27.4 Å². The van der Waals surface area contributed by atoms with Crippen LogP contribution in [-0.4, -0.2) is 71.5 Å². The van der Waals surface area contributed by atoms with Crippen LogP contribution in [0, 0.1) is 5.92 Å². The summed E-state index contributed by atoms with van der Waals surface area (Å²) in [5.41, 5.74) is 4.99. The second-order valence-electron chi connectivity index (χ2n) is 12.9. The van der Waals surface area contributed by atoms with Crippen LogP contribution >= 0.6 is 0 Å². The number of carbonyl (C=O) groups excluding carboxylic acids is 3. The molecular formula is C35H40N4O5. The molecule has 2 saturated heterocycles. The number of hydrogen-bond acceptors (Lipinski definition) is 7. The maximum Gasteiger partial charge on any atom is 0.255 e. The van der Waals surface area contributed by atoms with E-state index in [1.807, 2.05) is 12.1 Å². The Morgan fingerprint density at radius 1 is 0.977 bits per heavy atom. The van der Waals surface area contributed by atoms with E-state index in [4.69, 9.17) is 14.5 Å². The van der Waals surface area contributed by atoms with E-state index < -0.39 is 11.9 Å². The highest BCUT2D eigenvalue weighted by molar-refractivity contribution is 6.05. The van der Waals surface area contributed by atoms with Gasteiger partial charge in [0.1, 0.15) is 17.9 Å². The fourth-order valence-corrected chi connectivity index (χ4v) is 7.62. The van der Waals surface area contributed by atoms with Gasteiger partial charge >= 0.3 is 0 Å². The van der Waals surface area contributed by atoms with Crippen LogP contribution in [0.25, 0.3) is 10.9 Å². The number of imide groups is 1. The number of ether oxygens (including phenoxy) is 2. The summed E-state index contributed by atoms with van der Waals surface area (Å²) in [6.07, 6.45) is 6.55. The smallest absolute Gasteiger partial charge is 0.255 e. The van der Waals surface area contributed by atoms with E-state index in [0.717, 1.165) is 49.5 Å². The zero-order valence-electron chi connectivity index (χ0n) is 25.3. The van der Waals surface area contributed by atoms with Crippen molar-refractivity contribution < 1.29 is 23.9 Å². The number of carbonyl (C=O) groups is 3. The SMILES string of the molecule is COC[C@H]1CCCC[C@@H]1c1ccc2cc(CN3CC[C@H](Oc4ccc5c(c4)CN(C4CCC(=O)NC4=O)C5=O)C3)ccc2n1. The summed E-state index contributed by atoms with van der Waals surface area (Å²) in [5, 5.41) is 3.53. The van der Waals surface area contributed by atoms with Crippen molar-refractivity contribution in [1.82, 2.24) is 20.1 Å². The predicted octanol–water partition coefficient (Wildman–Crippen LogP) is 4.57. The molecule has 1 N–H and O–H groups in total. The average Bonchev–Trinajstić information content (AvgIpc) is 3.60. The van der Waals surface area contributed by atoms with Crippen LogP contribution in [0.3, 0.4) is 0 Å². The van der Waals surface area contributed by atoms with E-state index in [1.165, 1.54) is 42.3 Å². The van der Waals surface area contributed by atoms with Gasteiger partial charge in [-0.3, -0.25) is 29.6 Å². The van der Waals surface area contributed by atoms with Crippen molar-refractivity contribution in [2.45, 2.75) is 76.1 Å². The molecule has 4 heterocycles. The molecule has 0 radical (unpaired) electrons. The summed E-state index contributed by atoms with van der Waals surface area (Å²) < 4.78 is 11.9. The number of nitrogens with one attached hydrogen (secondary N) is 1. The van der Waals surface area contributed by atoms with Gasteiger partial charge in [0.15, 0.2) is 0 Å². The van der Waals surface area contributed by atoms with Crippen molar-refractivity contribution in [3.05, 3.63) is 70.9 Å². The molecule has 44 heavy (non-hydrogen) atoms. The summed E-state index contributed by atoms with van der Waals surface area (Å²) >= 11 is 0. The van der Waals surface area contributed by atoms with Crippen molar-refractivity contribution in [2.24, 2.45) is 5.92 Å². The Kier molecular flexibility index (Phi) is 8.08. The first-order valence-corrected chi connectivity index (χ1v) is 16.0. The van der Waals surface area contributed by atoms with Gasteiger partial charge in [-0.15, -0.1) is 0 Å². The quantitative estimate of drug-likeness (QED) is 0.380. The van der Waals surface area contributed by atoms with Crippen LogP contribution in [0.1, 0.15) is 78.0 Å². The molecule has 4 aliphatic rings. The van der Waals surface area contributed by atoms with E-state index in [2.05, 4.69) is 40.5 Å². The number of rotatable bonds is 8. The maximum atomic E-state index is 13.0. The molecular weight excluding hydrogens is 556 g/mol. The van der Waals surface area contributed by atoms with E-state index in [-0.39, 0.29) is 24.3 Å². The van der Waals surface area contributed by atoms with Crippen LogP contribution in [0.5, 0.6) is 5.75 Å². The molecule has 1 saturated carbocycles. The van der Waals surface area contributed by atoms with Gasteiger partial charge in [0.2, 0.25) is 11.8 Å². The minimum atomic E-state index is -0.613. The third-order valence-electron chi connectivity index (χ3n) is 9.88. The topological polar surface area (TPSA) is 101 Å². The third-order valence-corrected chi connectivity index (χ3v) is 9.88. The van der Waals surface area contributed by atoms with Crippen molar-refractivity contribution in [3.8, 4) is 5.75 Å². The van der Waals surface area contributed by atoms with Gasteiger partial charge in [0.25, 0.3) is 5.91 Å². The van der Waals surface area contributed by atoms with Crippen molar-refractivity contribution in [3.63, 3.8) is 0 Å². The molecule has 0 spiro atoms. The number of nitrogens with zero attached hydrogens (tertiary/aromatic N) is 3. The zero-order chi connectivity index (χ0) is 30.2. The van der Waals surface area contributed by atoms with Gasteiger partial charge in [-0.05, 0) is 79.1 Å². The normalized spacial score (nSPS) is 25.8. The van der Waals surface area contributed by atoms with E-state index in [9.17, 15) is 14.4 Å². The number of piperidine rings is 1. The number of hydrogen-bond donors (Lipinski definition) is 1. The maximum absolute atomic E-state index is 13.0. The van der Waals surface area contributed by atoms with E-state index in [1.54, 1.807) is 18.1 Å². The minimum absolute atomic E-state index is 0.0663. The van der Waals surface area contributed by atoms with Gasteiger partial charge < -0.3 is 14.4 Å². The lowest BCUT2D eigenvalue weighted by atomic mass is 9.77. The molecule has 3 amide bonds. The molecule has 3 fully saturated rings. The van der Waals surface area contributed by atoms with Gasteiger partial charge in [-0.2, -0.15) is 0 Å². The summed E-state index contributed by atoms with van der Waals surface area (Å²) in [5.74, 6) is 0.924. The first-order chi connectivity index (χ1) is 21.4. The Balaban J connectivity index is 0.958. The standard InChI is InChI=1S/C35H40N4O5/c1-43-21-24-4-2-3-5-28(24)31-11-7-23-16-22(6-10-30(23)36-31)18-38-15-14-27(20-38)44-26-8-9-29-25(17-26)19-39(35(29)42)32-12-13-33(40)37-34(32)41/h6-11,16-17,24,27-28,32H,2-5,12-15,18-21H2,1H3,(H,37,40,41)/t24-,27+,28+,32?/m1/s1. The van der Waals surface area contributed by atoms with Crippen molar-refractivity contribution >= 4 is 28.6 Å². The Morgan fingerprint density at radius 2 is 1.86 bits per heavy atom. The molecule has 1 unspecified atom stereocenters. The van der Waals surface area contributed by atoms with Crippen LogP contribution in [0.2, 0.25) is 0 Å². The molecule has 3 aromatic rings. The Bertz CT molecular complexity index is 1590. The van der Waals surface area contributed by atoms with E-state index >= 15 is 0 Å². The molecule has 9 nitrogen and oxygen atoms in total. The lowest BCUT2D eigenvalue weighted by molar-refractivity contribution is -0.136. The molecule has 3 aliphatic heterocycles. The van der Waals surface area contributed by atoms with Gasteiger partial charge in [0, 0.05) is 68.9 Å². The van der Waals surface area contributed by atoms with Crippen molar-refractivity contribution in [2.75, 3.05) is 26.8 Å². The molecule has 7 rings (SSSR count). The number of fused-ring (bicyclic) bond motifs is 2. The van der Waals surface area contributed by atoms with Crippen molar-refractivity contribution in [1.29, 1.82) is 0 Å². The van der Waals surface area contributed by atoms with E-state index in [0.29, 0.717) is 30.4 Å². The summed E-state index contributed by atoms with van der Waals surface area (Å²) in [4.78, 5) is 46.0. The lowest BCUT2D eigenvalue weighted by Crippen LogP contribution is -2.52. The lowest BCUT2D eigenvalue weighted by Gasteiger charge is -2.30.